The topological polar surface area (TPSA) is 24.5 Å². The van der Waals surface area contributed by atoms with Gasteiger partial charge in [0.15, 0.2) is 0 Å². The molecule has 0 radical (unpaired) electrons. The molecular weight excluding hydrogens is 200 g/mol. The molecule has 2 aliphatic rings. The maximum Gasteiger partial charge on any atom is 0.0509 e. The van der Waals surface area contributed by atoms with Crippen molar-refractivity contribution < 1.29 is 4.74 Å². The van der Waals surface area contributed by atoms with Gasteiger partial charge in [0, 0.05) is 12.6 Å². The van der Waals surface area contributed by atoms with E-state index in [1.165, 1.54) is 38.9 Å². The second kappa shape index (κ2) is 5.99. The van der Waals surface area contributed by atoms with E-state index in [1.54, 1.807) is 0 Å². The zero-order valence-corrected chi connectivity index (χ0v) is 10.7. The largest absolute Gasteiger partial charge is 0.381 e. The number of piperidine rings is 1. The van der Waals surface area contributed by atoms with Crippen LogP contribution in [0.2, 0.25) is 0 Å². The van der Waals surface area contributed by atoms with Gasteiger partial charge in [-0.3, -0.25) is 0 Å². The lowest BCUT2D eigenvalue weighted by molar-refractivity contribution is 0.174. The first kappa shape index (κ1) is 12.3. The maximum absolute atomic E-state index is 5.44. The molecule has 0 aromatic carbocycles. The molecule has 0 bridgehead atoms. The van der Waals surface area contributed by atoms with E-state index in [4.69, 9.17) is 4.74 Å². The Labute approximate surface area is 99.5 Å². The molecular formula is C13H26N2O. The van der Waals surface area contributed by atoms with Gasteiger partial charge in [-0.05, 0) is 64.7 Å². The first-order valence-electron chi connectivity index (χ1n) is 6.75. The predicted octanol–water partition coefficient (Wildman–Crippen LogP) is 1.34. The van der Waals surface area contributed by atoms with Crippen LogP contribution in [0.3, 0.4) is 0 Å². The highest BCUT2D eigenvalue weighted by Crippen LogP contribution is 2.18. The van der Waals surface area contributed by atoms with Gasteiger partial charge in [-0.15, -0.1) is 0 Å². The second-order valence-electron chi connectivity index (χ2n) is 5.57. The molecule has 0 amide bonds. The first-order chi connectivity index (χ1) is 7.75. The molecule has 3 heteroatoms. The summed E-state index contributed by atoms with van der Waals surface area (Å²) in [6.07, 6.45) is 3.95. The van der Waals surface area contributed by atoms with Gasteiger partial charge in [-0.25, -0.2) is 0 Å². The fourth-order valence-electron chi connectivity index (χ4n) is 2.73. The van der Waals surface area contributed by atoms with E-state index in [2.05, 4.69) is 24.2 Å². The number of ether oxygens (including phenoxy) is 1. The molecule has 2 heterocycles. The van der Waals surface area contributed by atoms with Crippen molar-refractivity contribution >= 4 is 0 Å². The molecule has 2 saturated heterocycles. The lowest BCUT2D eigenvalue weighted by Gasteiger charge is -2.30. The van der Waals surface area contributed by atoms with Crippen LogP contribution in [-0.2, 0) is 4.74 Å². The molecule has 0 saturated carbocycles. The van der Waals surface area contributed by atoms with Crippen LogP contribution in [0.5, 0.6) is 0 Å². The van der Waals surface area contributed by atoms with Gasteiger partial charge >= 0.3 is 0 Å². The van der Waals surface area contributed by atoms with E-state index in [1.807, 2.05) is 0 Å². The minimum Gasteiger partial charge on any atom is -0.381 e. The van der Waals surface area contributed by atoms with Crippen molar-refractivity contribution in [1.82, 2.24) is 10.2 Å². The lowest BCUT2D eigenvalue weighted by atomic mass is 9.95. The second-order valence-corrected chi connectivity index (χ2v) is 5.57. The summed E-state index contributed by atoms with van der Waals surface area (Å²) < 4.78 is 5.44. The zero-order valence-electron chi connectivity index (χ0n) is 10.7. The number of likely N-dealkylation sites (tertiary alicyclic amines) is 1. The third-order valence-electron chi connectivity index (χ3n) is 4.24. The van der Waals surface area contributed by atoms with Gasteiger partial charge in [-0.1, -0.05) is 0 Å². The Balaban J connectivity index is 1.62. The Hall–Kier alpha value is -0.120. The molecule has 2 rings (SSSR count). The summed E-state index contributed by atoms with van der Waals surface area (Å²) in [5.74, 6) is 1.63. The molecule has 0 aromatic rings. The van der Waals surface area contributed by atoms with Crippen LogP contribution in [0, 0.1) is 11.8 Å². The van der Waals surface area contributed by atoms with Crippen LogP contribution < -0.4 is 5.32 Å². The molecule has 2 unspecified atom stereocenters. The summed E-state index contributed by atoms with van der Waals surface area (Å²) in [5, 5.41) is 3.71. The highest BCUT2D eigenvalue weighted by molar-refractivity contribution is 4.78. The molecule has 2 aliphatic heterocycles. The fourth-order valence-corrected chi connectivity index (χ4v) is 2.73. The SMILES string of the molecule is CC(NCC1CCN(C)CC1)C1CCOC1. The van der Waals surface area contributed by atoms with Gasteiger partial charge < -0.3 is 15.0 Å². The van der Waals surface area contributed by atoms with Crippen LogP contribution >= 0.6 is 0 Å². The molecule has 0 spiro atoms. The van der Waals surface area contributed by atoms with Gasteiger partial charge in [0.2, 0.25) is 0 Å². The van der Waals surface area contributed by atoms with E-state index < -0.39 is 0 Å². The van der Waals surface area contributed by atoms with Crippen molar-refractivity contribution in [3.8, 4) is 0 Å². The van der Waals surface area contributed by atoms with Crippen molar-refractivity contribution in [3.05, 3.63) is 0 Å². The van der Waals surface area contributed by atoms with Crippen LogP contribution in [0.15, 0.2) is 0 Å². The number of nitrogens with zero attached hydrogens (tertiary/aromatic N) is 1. The summed E-state index contributed by atoms with van der Waals surface area (Å²) in [4.78, 5) is 2.44. The number of hydrogen-bond donors (Lipinski definition) is 1. The van der Waals surface area contributed by atoms with Crippen molar-refractivity contribution in [3.63, 3.8) is 0 Å². The van der Waals surface area contributed by atoms with Gasteiger partial charge in [-0.2, -0.15) is 0 Å². The summed E-state index contributed by atoms with van der Waals surface area (Å²) in [5.41, 5.74) is 0. The average Bonchev–Trinajstić information content (AvgIpc) is 2.81. The van der Waals surface area contributed by atoms with E-state index in [9.17, 15) is 0 Å². The van der Waals surface area contributed by atoms with Crippen LogP contribution in [0.1, 0.15) is 26.2 Å². The quantitative estimate of drug-likeness (QED) is 0.783. The summed E-state index contributed by atoms with van der Waals surface area (Å²) in [6.45, 7) is 7.98. The molecule has 0 aliphatic carbocycles. The Kier molecular flexibility index (Phi) is 4.62. The Morgan fingerprint density at radius 1 is 1.31 bits per heavy atom. The molecule has 3 nitrogen and oxygen atoms in total. The standard InChI is InChI=1S/C13H26N2O/c1-11(13-5-8-16-10-13)14-9-12-3-6-15(2)7-4-12/h11-14H,3-10H2,1-2H3. The molecule has 16 heavy (non-hydrogen) atoms. The number of rotatable bonds is 4. The van der Waals surface area contributed by atoms with Crippen molar-refractivity contribution in [2.24, 2.45) is 11.8 Å². The van der Waals surface area contributed by atoms with Crippen LogP contribution in [0.4, 0.5) is 0 Å². The van der Waals surface area contributed by atoms with Crippen LogP contribution in [-0.4, -0.2) is 50.8 Å². The Morgan fingerprint density at radius 2 is 2.06 bits per heavy atom. The van der Waals surface area contributed by atoms with Crippen LogP contribution in [0.25, 0.3) is 0 Å². The van der Waals surface area contributed by atoms with Crippen molar-refractivity contribution in [2.75, 3.05) is 39.9 Å². The van der Waals surface area contributed by atoms with Gasteiger partial charge in [0.25, 0.3) is 0 Å². The maximum atomic E-state index is 5.44. The first-order valence-corrected chi connectivity index (χ1v) is 6.75. The third kappa shape index (κ3) is 3.44. The van der Waals surface area contributed by atoms with E-state index in [0.717, 1.165) is 25.0 Å². The monoisotopic (exact) mass is 226 g/mol. The highest BCUT2D eigenvalue weighted by Gasteiger charge is 2.23. The molecule has 2 atom stereocenters. The van der Waals surface area contributed by atoms with Crippen molar-refractivity contribution in [2.45, 2.75) is 32.2 Å². The van der Waals surface area contributed by atoms with Gasteiger partial charge in [0.1, 0.15) is 0 Å². The molecule has 1 N–H and O–H groups in total. The average molecular weight is 226 g/mol. The molecule has 0 aromatic heterocycles. The normalized spacial score (nSPS) is 30.8. The zero-order chi connectivity index (χ0) is 11.4. The Morgan fingerprint density at radius 3 is 2.69 bits per heavy atom. The third-order valence-corrected chi connectivity index (χ3v) is 4.24. The predicted molar refractivity (Wildman–Crippen MR) is 66.6 cm³/mol. The Bertz CT molecular complexity index is 196. The van der Waals surface area contributed by atoms with E-state index in [0.29, 0.717) is 6.04 Å². The number of hydrogen-bond acceptors (Lipinski definition) is 3. The highest BCUT2D eigenvalue weighted by atomic mass is 16.5. The smallest absolute Gasteiger partial charge is 0.0509 e. The summed E-state index contributed by atoms with van der Waals surface area (Å²) in [6, 6.07) is 0.627. The lowest BCUT2D eigenvalue weighted by Crippen LogP contribution is -2.40. The fraction of sp³-hybridized carbons (Fsp3) is 1.00. The minimum atomic E-state index is 0.627. The summed E-state index contributed by atoms with van der Waals surface area (Å²) >= 11 is 0. The summed E-state index contributed by atoms with van der Waals surface area (Å²) in [7, 11) is 2.22. The van der Waals surface area contributed by atoms with Gasteiger partial charge in [0.05, 0.1) is 6.61 Å². The number of nitrogens with one attached hydrogen (secondary N) is 1. The van der Waals surface area contributed by atoms with E-state index in [-0.39, 0.29) is 0 Å². The van der Waals surface area contributed by atoms with Crippen molar-refractivity contribution in [1.29, 1.82) is 0 Å². The van der Waals surface area contributed by atoms with E-state index >= 15 is 0 Å². The molecule has 2 fully saturated rings. The molecule has 94 valence electrons. The minimum absolute atomic E-state index is 0.627.